The lowest BCUT2D eigenvalue weighted by atomic mass is 9.89. The van der Waals surface area contributed by atoms with Crippen LogP contribution in [0.5, 0.6) is 0 Å². The van der Waals surface area contributed by atoms with Crippen molar-refractivity contribution in [3.05, 3.63) is 58.4 Å². The van der Waals surface area contributed by atoms with E-state index in [2.05, 4.69) is 20.8 Å². The number of halogens is 1. The molecular formula is C18H15ClN4O3. The molecule has 1 aromatic carbocycles. The molecule has 0 bridgehead atoms. The Morgan fingerprint density at radius 1 is 1.35 bits per heavy atom. The number of carbonyl (C=O) groups excluding carboxylic acids is 2. The minimum atomic E-state index is -0.405. The number of fused-ring (bicyclic) bond motifs is 1. The summed E-state index contributed by atoms with van der Waals surface area (Å²) in [7, 11) is 1.54. The number of H-pyrrole nitrogens is 1. The lowest BCUT2D eigenvalue weighted by molar-refractivity contribution is -0.116. The lowest BCUT2D eigenvalue weighted by Crippen LogP contribution is -2.26. The molecule has 0 aliphatic carbocycles. The Hall–Kier alpha value is -3.06. The van der Waals surface area contributed by atoms with E-state index in [-0.39, 0.29) is 18.2 Å². The van der Waals surface area contributed by atoms with Gasteiger partial charge in [-0.25, -0.2) is 0 Å². The molecule has 0 saturated carbocycles. The Morgan fingerprint density at radius 2 is 2.19 bits per heavy atom. The van der Waals surface area contributed by atoms with Crippen molar-refractivity contribution in [2.75, 3.05) is 12.4 Å². The van der Waals surface area contributed by atoms with Crippen LogP contribution in [0.4, 0.5) is 5.82 Å². The first-order chi connectivity index (χ1) is 12.6. The lowest BCUT2D eigenvalue weighted by Gasteiger charge is -2.21. The van der Waals surface area contributed by atoms with Gasteiger partial charge in [0, 0.05) is 29.6 Å². The van der Waals surface area contributed by atoms with Crippen molar-refractivity contribution in [2.45, 2.75) is 12.3 Å². The van der Waals surface area contributed by atoms with E-state index in [1.54, 1.807) is 12.1 Å². The Kier molecular flexibility index (Phi) is 4.00. The van der Waals surface area contributed by atoms with Gasteiger partial charge in [0.15, 0.2) is 5.82 Å². The summed E-state index contributed by atoms with van der Waals surface area (Å²) >= 11 is 6.04. The highest BCUT2D eigenvalue weighted by Gasteiger charge is 2.35. The number of benzene rings is 1. The molecule has 4 rings (SSSR count). The molecule has 3 N–H and O–H groups in total. The van der Waals surface area contributed by atoms with E-state index in [0.717, 1.165) is 5.56 Å². The smallest absolute Gasteiger partial charge is 0.269 e. The van der Waals surface area contributed by atoms with E-state index in [1.165, 1.54) is 7.05 Å². The molecule has 2 aromatic heterocycles. The zero-order valence-electron chi connectivity index (χ0n) is 13.8. The molecule has 8 heteroatoms. The van der Waals surface area contributed by atoms with Gasteiger partial charge < -0.3 is 15.1 Å². The molecular weight excluding hydrogens is 356 g/mol. The van der Waals surface area contributed by atoms with Crippen LogP contribution in [0.2, 0.25) is 5.02 Å². The standard InChI is InChI=1S/C18H15ClN4O3/c1-20-18(25)16-15-11(8-14(24)21-17(15)23-22-16)13-6-5-12(26-13)9-3-2-4-10(19)7-9/h2-7,11H,8H2,1H3,(H,20,25)(H2,21,22,23,24). The van der Waals surface area contributed by atoms with Crippen LogP contribution in [0, 0.1) is 0 Å². The van der Waals surface area contributed by atoms with Crippen LogP contribution in [-0.2, 0) is 4.79 Å². The summed E-state index contributed by atoms with van der Waals surface area (Å²) in [4.78, 5) is 24.2. The van der Waals surface area contributed by atoms with E-state index in [1.807, 2.05) is 24.3 Å². The van der Waals surface area contributed by atoms with Crippen molar-refractivity contribution in [1.82, 2.24) is 15.5 Å². The maximum absolute atomic E-state index is 12.1. The number of nitrogens with one attached hydrogen (secondary N) is 3. The molecule has 1 atom stereocenters. The number of hydrogen-bond acceptors (Lipinski definition) is 4. The number of aromatic nitrogens is 2. The molecule has 0 spiro atoms. The first kappa shape index (κ1) is 16.4. The van der Waals surface area contributed by atoms with Gasteiger partial charge in [-0.05, 0) is 24.3 Å². The Balaban J connectivity index is 1.77. The highest BCUT2D eigenvalue weighted by molar-refractivity contribution is 6.30. The van der Waals surface area contributed by atoms with Crippen LogP contribution >= 0.6 is 11.6 Å². The molecule has 3 heterocycles. The van der Waals surface area contributed by atoms with E-state index in [0.29, 0.717) is 33.6 Å². The van der Waals surface area contributed by atoms with Crippen molar-refractivity contribution >= 4 is 29.2 Å². The number of carbonyl (C=O) groups is 2. The predicted octanol–water partition coefficient (Wildman–Crippen LogP) is 3.16. The van der Waals surface area contributed by atoms with E-state index >= 15 is 0 Å². The maximum Gasteiger partial charge on any atom is 0.269 e. The fourth-order valence-corrected chi connectivity index (χ4v) is 3.32. The van der Waals surface area contributed by atoms with Crippen molar-refractivity contribution in [3.63, 3.8) is 0 Å². The Labute approximate surface area is 153 Å². The normalized spacial score (nSPS) is 16.1. The summed E-state index contributed by atoms with van der Waals surface area (Å²) in [6, 6.07) is 11.0. The Bertz CT molecular complexity index is 1010. The fourth-order valence-electron chi connectivity index (χ4n) is 3.13. The molecule has 26 heavy (non-hydrogen) atoms. The second-order valence-corrected chi connectivity index (χ2v) is 6.39. The average Bonchev–Trinajstić information content (AvgIpc) is 3.27. The highest BCUT2D eigenvalue weighted by atomic mass is 35.5. The predicted molar refractivity (Wildman–Crippen MR) is 96.2 cm³/mol. The van der Waals surface area contributed by atoms with Crippen LogP contribution in [-0.4, -0.2) is 29.1 Å². The van der Waals surface area contributed by atoms with Crippen molar-refractivity contribution in [3.8, 4) is 11.3 Å². The molecule has 1 aliphatic rings. The van der Waals surface area contributed by atoms with E-state index in [9.17, 15) is 9.59 Å². The fraction of sp³-hybridized carbons (Fsp3) is 0.167. The SMILES string of the molecule is CNC(=O)c1[nH]nc2c1C(c1ccc(-c3cccc(Cl)c3)o1)CC(=O)N2. The highest BCUT2D eigenvalue weighted by Crippen LogP contribution is 2.40. The molecule has 1 unspecified atom stereocenters. The van der Waals surface area contributed by atoms with Crippen LogP contribution in [0.25, 0.3) is 11.3 Å². The van der Waals surface area contributed by atoms with Crippen LogP contribution < -0.4 is 10.6 Å². The summed E-state index contributed by atoms with van der Waals surface area (Å²) in [5.74, 6) is 0.686. The zero-order chi connectivity index (χ0) is 18.3. The number of nitrogens with zero attached hydrogens (tertiary/aromatic N) is 1. The molecule has 0 saturated heterocycles. The molecule has 0 fully saturated rings. The van der Waals surface area contributed by atoms with Gasteiger partial charge in [0.1, 0.15) is 17.2 Å². The van der Waals surface area contributed by atoms with Crippen LogP contribution in [0.15, 0.2) is 40.8 Å². The molecule has 2 amide bonds. The summed E-state index contributed by atoms with van der Waals surface area (Å²) in [6.07, 6.45) is 0.166. The number of furan rings is 1. The van der Waals surface area contributed by atoms with Gasteiger partial charge in [0.25, 0.3) is 5.91 Å². The van der Waals surface area contributed by atoms with Gasteiger partial charge in [-0.3, -0.25) is 14.7 Å². The first-order valence-corrected chi connectivity index (χ1v) is 8.40. The number of hydrogen-bond donors (Lipinski definition) is 3. The van der Waals surface area contributed by atoms with Crippen LogP contribution in [0.3, 0.4) is 0 Å². The van der Waals surface area contributed by atoms with Crippen LogP contribution in [0.1, 0.15) is 34.2 Å². The maximum atomic E-state index is 12.1. The molecule has 1 aliphatic heterocycles. The second-order valence-electron chi connectivity index (χ2n) is 5.96. The molecule has 7 nitrogen and oxygen atoms in total. The summed E-state index contributed by atoms with van der Waals surface area (Å²) in [5.41, 5.74) is 1.77. The van der Waals surface area contributed by atoms with Gasteiger partial charge in [-0.15, -0.1) is 0 Å². The van der Waals surface area contributed by atoms with E-state index < -0.39 is 5.92 Å². The average molecular weight is 371 g/mol. The summed E-state index contributed by atoms with van der Waals surface area (Å²) in [5, 5.41) is 12.6. The largest absolute Gasteiger partial charge is 0.460 e. The van der Waals surface area contributed by atoms with Gasteiger partial charge in [-0.2, -0.15) is 5.10 Å². The zero-order valence-corrected chi connectivity index (χ0v) is 14.6. The van der Waals surface area contributed by atoms with Gasteiger partial charge >= 0.3 is 0 Å². The summed E-state index contributed by atoms with van der Waals surface area (Å²) in [6.45, 7) is 0. The molecule has 0 radical (unpaired) electrons. The second kappa shape index (κ2) is 6.34. The number of rotatable bonds is 3. The van der Waals surface area contributed by atoms with Crippen molar-refractivity contribution < 1.29 is 14.0 Å². The molecule has 3 aromatic rings. The topological polar surface area (TPSA) is 100 Å². The van der Waals surface area contributed by atoms with Gasteiger partial charge in [0.05, 0.1) is 5.92 Å². The number of anilines is 1. The minimum Gasteiger partial charge on any atom is -0.460 e. The third kappa shape index (κ3) is 2.76. The Morgan fingerprint density at radius 3 is 2.96 bits per heavy atom. The summed E-state index contributed by atoms with van der Waals surface area (Å²) < 4.78 is 6.00. The van der Waals surface area contributed by atoms with Crippen molar-refractivity contribution in [1.29, 1.82) is 0 Å². The number of amides is 2. The monoisotopic (exact) mass is 370 g/mol. The third-order valence-electron chi connectivity index (χ3n) is 4.33. The number of aromatic amines is 1. The van der Waals surface area contributed by atoms with Gasteiger partial charge in [-0.1, -0.05) is 23.7 Å². The van der Waals surface area contributed by atoms with Crippen molar-refractivity contribution in [2.24, 2.45) is 0 Å². The van der Waals surface area contributed by atoms with E-state index in [4.69, 9.17) is 16.0 Å². The quantitative estimate of drug-likeness (QED) is 0.659. The third-order valence-corrected chi connectivity index (χ3v) is 4.57. The first-order valence-electron chi connectivity index (χ1n) is 8.02. The minimum absolute atomic E-state index is 0.166. The van der Waals surface area contributed by atoms with Gasteiger partial charge in [0.2, 0.25) is 5.91 Å². The molecule has 132 valence electrons.